The lowest BCUT2D eigenvalue weighted by Crippen LogP contribution is -2.36. The van der Waals surface area contributed by atoms with Crippen LogP contribution in [0.1, 0.15) is 24.4 Å². The number of likely N-dealkylation sites (tertiary alicyclic amines) is 1. The van der Waals surface area contributed by atoms with E-state index in [1.807, 2.05) is 30.3 Å². The molecule has 0 N–H and O–H groups in total. The molecule has 4 rings (SSSR count). The summed E-state index contributed by atoms with van der Waals surface area (Å²) in [5.74, 6) is 0.502. The van der Waals surface area contributed by atoms with E-state index in [4.69, 9.17) is 0 Å². The lowest BCUT2D eigenvalue weighted by Gasteiger charge is -2.27. The van der Waals surface area contributed by atoms with Gasteiger partial charge in [-0.05, 0) is 30.2 Å². The smallest absolute Gasteiger partial charge is 0.234 e. The maximum atomic E-state index is 12.9. The third-order valence-corrected chi connectivity index (χ3v) is 6.01. The average molecular weight is 407 g/mol. The van der Waals surface area contributed by atoms with Gasteiger partial charge in [-0.15, -0.1) is 0 Å². The Labute approximate surface area is 143 Å². The molecule has 1 aliphatic heterocycles. The first-order valence-electron chi connectivity index (χ1n) is 7.88. The van der Waals surface area contributed by atoms with Gasteiger partial charge in [-0.2, -0.15) is 0 Å². The van der Waals surface area contributed by atoms with E-state index in [1.54, 1.807) is 4.90 Å². The van der Waals surface area contributed by atoms with Crippen molar-refractivity contribution in [2.24, 2.45) is 23.7 Å². The number of carbonyl (C=O) groups is 2. The molecule has 2 aliphatic carbocycles. The summed E-state index contributed by atoms with van der Waals surface area (Å²) in [6.07, 6.45) is 6.11. The van der Waals surface area contributed by atoms with Crippen molar-refractivity contribution < 1.29 is 9.59 Å². The van der Waals surface area contributed by atoms with Gasteiger partial charge in [-0.25, -0.2) is 0 Å². The van der Waals surface area contributed by atoms with E-state index in [9.17, 15) is 9.59 Å². The van der Waals surface area contributed by atoms with Gasteiger partial charge in [0.2, 0.25) is 11.8 Å². The zero-order valence-electron chi connectivity index (χ0n) is 12.2. The molecule has 0 aromatic heterocycles. The zero-order chi connectivity index (χ0) is 15.3. The van der Waals surface area contributed by atoms with Crippen molar-refractivity contribution in [3.8, 4) is 0 Å². The second-order valence-corrected chi connectivity index (χ2v) is 7.53. The molecular formula is C18H18INO2. The summed E-state index contributed by atoms with van der Waals surface area (Å²) in [4.78, 5) is 27.5. The van der Waals surface area contributed by atoms with Gasteiger partial charge >= 0.3 is 0 Å². The lowest BCUT2D eigenvalue weighted by molar-refractivity contribution is -0.143. The van der Waals surface area contributed by atoms with Gasteiger partial charge in [0, 0.05) is 4.43 Å². The SMILES string of the molecule is O=C1C2C3C=CC(C3)C2C(=O)N1C(CCI)c1ccccc1. The number of allylic oxidation sites excluding steroid dienone is 2. The van der Waals surface area contributed by atoms with E-state index >= 15 is 0 Å². The standard InChI is InChI=1S/C18H18INO2/c19-9-8-14(11-4-2-1-3-5-11)20-17(21)15-12-6-7-13(10-12)16(15)18(20)22/h1-7,12-16H,8-10H2. The number of benzene rings is 1. The predicted octanol–water partition coefficient (Wildman–Crippen LogP) is 3.36. The Bertz CT molecular complexity index is 612. The molecule has 5 unspecified atom stereocenters. The minimum Gasteiger partial charge on any atom is -0.274 e. The Hall–Kier alpha value is -1.17. The molecule has 1 saturated heterocycles. The Morgan fingerprint density at radius 3 is 2.18 bits per heavy atom. The van der Waals surface area contributed by atoms with Gasteiger partial charge < -0.3 is 0 Å². The Morgan fingerprint density at radius 2 is 1.64 bits per heavy atom. The maximum absolute atomic E-state index is 12.9. The summed E-state index contributed by atoms with van der Waals surface area (Å²) in [5.41, 5.74) is 1.07. The fourth-order valence-electron chi connectivity index (χ4n) is 4.46. The molecule has 0 spiro atoms. The normalized spacial score (nSPS) is 33.6. The minimum absolute atomic E-state index is 0.0607. The summed E-state index contributed by atoms with van der Waals surface area (Å²) < 4.78 is 0.925. The van der Waals surface area contributed by atoms with E-state index in [-0.39, 0.29) is 41.5 Å². The fraction of sp³-hybridized carbons (Fsp3) is 0.444. The molecular weight excluding hydrogens is 389 g/mol. The van der Waals surface area contributed by atoms with Crippen molar-refractivity contribution in [2.75, 3.05) is 4.43 Å². The predicted molar refractivity (Wildman–Crippen MR) is 92.3 cm³/mol. The van der Waals surface area contributed by atoms with Crippen LogP contribution in [0.15, 0.2) is 42.5 Å². The van der Waals surface area contributed by atoms with Crippen molar-refractivity contribution in [1.29, 1.82) is 0 Å². The average Bonchev–Trinajstić information content (AvgIpc) is 3.21. The van der Waals surface area contributed by atoms with Gasteiger partial charge in [-0.1, -0.05) is 65.1 Å². The zero-order valence-corrected chi connectivity index (χ0v) is 14.3. The van der Waals surface area contributed by atoms with Crippen LogP contribution in [0.3, 0.4) is 0 Å². The molecule has 1 aromatic rings. The van der Waals surface area contributed by atoms with Crippen LogP contribution < -0.4 is 0 Å². The molecule has 4 heteroatoms. The number of carbonyl (C=O) groups excluding carboxylic acids is 2. The van der Waals surface area contributed by atoms with Crippen LogP contribution in [-0.2, 0) is 9.59 Å². The Balaban J connectivity index is 1.69. The molecule has 2 bridgehead atoms. The first-order chi connectivity index (χ1) is 10.7. The van der Waals surface area contributed by atoms with E-state index < -0.39 is 0 Å². The highest BCUT2D eigenvalue weighted by molar-refractivity contribution is 14.1. The van der Waals surface area contributed by atoms with Crippen molar-refractivity contribution in [3.05, 3.63) is 48.0 Å². The van der Waals surface area contributed by atoms with Crippen LogP contribution in [0.2, 0.25) is 0 Å². The molecule has 3 nitrogen and oxygen atoms in total. The second kappa shape index (κ2) is 5.48. The van der Waals surface area contributed by atoms with Crippen molar-refractivity contribution >= 4 is 34.4 Å². The quantitative estimate of drug-likeness (QED) is 0.332. The highest BCUT2D eigenvalue weighted by atomic mass is 127. The molecule has 1 heterocycles. The van der Waals surface area contributed by atoms with E-state index in [1.165, 1.54) is 0 Å². The van der Waals surface area contributed by atoms with E-state index in [2.05, 4.69) is 34.7 Å². The monoisotopic (exact) mass is 407 g/mol. The first kappa shape index (κ1) is 14.4. The molecule has 2 amide bonds. The van der Waals surface area contributed by atoms with Gasteiger partial charge in [-0.3, -0.25) is 14.5 Å². The van der Waals surface area contributed by atoms with Crippen LogP contribution in [0, 0.1) is 23.7 Å². The topological polar surface area (TPSA) is 37.4 Å². The Kier molecular flexibility index (Phi) is 3.59. The van der Waals surface area contributed by atoms with Crippen LogP contribution >= 0.6 is 22.6 Å². The van der Waals surface area contributed by atoms with Crippen molar-refractivity contribution in [1.82, 2.24) is 4.90 Å². The lowest BCUT2D eigenvalue weighted by atomic mass is 9.85. The fourth-order valence-corrected chi connectivity index (χ4v) is 5.05. The molecule has 1 saturated carbocycles. The molecule has 3 aliphatic rings. The van der Waals surface area contributed by atoms with E-state index in [0.717, 1.165) is 22.8 Å². The number of imide groups is 1. The number of alkyl halides is 1. The highest BCUT2D eigenvalue weighted by Crippen LogP contribution is 2.54. The summed E-state index contributed by atoms with van der Waals surface area (Å²) in [5, 5.41) is 0. The largest absolute Gasteiger partial charge is 0.274 e. The molecule has 2 fully saturated rings. The maximum Gasteiger partial charge on any atom is 0.234 e. The summed E-state index contributed by atoms with van der Waals surface area (Å²) in [7, 11) is 0. The number of fused-ring (bicyclic) bond motifs is 5. The van der Waals surface area contributed by atoms with Gasteiger partial charge in [0.25, 0.3) is 0 Å². The number of halogens is 1. The van der Waals surface area contributed by atoms with Gasteiger partial charge in [0.15, 0.2) is 0 Å². The first-order valence-corrected chi connectivity index (χ1v) is 9.41. The number of rotatable bonds is 4. The Morgan fingerprint density at radius 1 is 1.05 bits per heavy atom. The van der Waals surface area contributed by atoms with Crippen molar-refractivity contribution in [2.45, 2.75) is 18.9 Å². The number of hydrogen-bond acceptors (Lipinski definition) is 2. The van der Waals surface area contributed by atoms with Gasteiger partial charge in [0.05, 0.1) is 17.9 Å². The summed E-state index contributed by atoms with van der Waals surface area (Å²) >= 11 is 2.32. The third-order valence-electron chi connectivity index (χ3n) is 5.38. The second-order valence-electron chi connectivity index (χ2n) is 6.45. The van der Waals surface area contributed by atoms with Crippen LogP contribution in [-0.4, -0.2) is 21.1 Å². The molecule has 22 heavy (non-hydrogen) atoms. The van der Waals surface area contributed by atoms with Crippen LogP contribution in [0.4, 0.5) is 0 Å². The molecule has 5 atom stereocenters. The van der Waals surface area contributed by atoms with Crippen LogP contribution in [0.25, 0.3) is 0 Å². The van der Waals surface area contributed by atoms with Crippen LogP contribution in [0.5, 0.6) is 0 Å². The number of amides is 2. The molecule has 0 radical (unpaired) electrons. The van der Waals surface area contributed by atoms with E-state index in [0.29, 0.717) is 0 Å². The molecule has 1 aromatic carbocycles. The third kappa shape index (κ3) is 1.99. The highest BCUT2D eigenvalue weighted by Gasteiger charge is 2.60. The van der Waals surface area contributed by atoms with Crippen molar-refractivity contribution in [3.63, 3.8) is 0 Å². The summed E-state index contributed by atoms with van der Waals surface area (Å²) in [6.45, 7) is 0. The summed E-state index contributed by atoms with van der Waals surface area (Å²) in [6, 6.07) is 9.87. The van der Waals surface area contributed by atoms with Gasteiger partial charge in [0.1, 0.15) is 0 Å². The number of hydrogen-bond donors (Lipinski definition) is 0. The number of nitrogens with zero attached hydrogens (tertiary/aromatic N) is 1. The molecule has 114 valence electrons. The minimum atomic E-state index is -0.108.